The molecule has 126 valence electrons. The molecule has 0 bridgehead atoms. The summed E-state index contributed by atoms with van der Waals surface area (Å²) in [6.45, 7) is 2.41. The van der Waals surface area contributed by atoms with Crippen molar-refractivity contribution in [1.29, 1.82) is 10.5 Å². The summed E-state index contributed by atoms with van der Waals surface area (Å²) in [7, 11) is 0. The first-order valence-corrected chi connectivity index (χ1v) is 7.91. The Bertz CT molecular complexity index is 703. The van der Waals surface area contributed by atoms with Gasteiger partial charge in [0.15, 0.2) is 5.82 Å². The Morgan fingerprint density at radius 3 is 2.67 bits per heavy atom. The third-order valence-corrected chi connectivity index (χ3v) is 4.25. The lowest BCUT2D eigenvalue weighted by atomic mass is 9.88. The van der Waals surface area contributed by atoms with Crippen molar-refractivity contribution in [2.75, 3.05) is 11.9 Å². The molecule has 1 aliphatic rings. The van der Waals surface area contributed by atoms with Gasteiger partial charge in [0.2, 0.25) is 0 Å². The number of carbonyl (C=O) groups is 2. The van der Waals surface area contributed by atoms with E-state index in [1.54, 1.807) is 17.7 Å². The topological polar surface area (TPSA) is 124 Å². The van der Waals surface area contributed by atoms with Gasteiger partial charge >= 0.3 is 11.8 Å². The first-order chi connectivity index (χ1) is 11.5. The molecule has 0 saturated heterocycles. The van der Waals surface area contributed by atoms with Gasteiger partial charge in [-0.2, -0.15) is 15.6 Å². The van der Waals surface area contributed by atoms with Gasteiger partial charge in [-0.3, -0.25) is 14.3 Å². The molecular formula is C16H20N6O2. The Labute approximate surface area is 140 Å². The number of aryl methyl sites for hydroxylation is 2. The highest BCUT2D eigenvalue weighted by Gasteiger charge is 2.34. The van der Waals surface area contributed by atoms with Crippen molar-refractivity contribution in [3.05, 3.63) is 11.8 Å². The van der Waals surface area contributed by atoms with Crippen LogP contribution in [-0.4, -0.2) is 28.1 Å². The maximum absolute atomic E-state index is 11.9. The molecule has 1 heterocycles. The van der Waals surface area contributed by atoms with Crippen molar-refractivity contribution < 1.29 is 9.59 Å². The number of rotatable bonds is 5. The quantitative estimate of drug-likeness (QED) is 0.787. The molecule has 1 fully saturated rings. The fraction of sp³-hybridized carbons (Fsp3) is 0.562. The van der Waals surface area contributed by atoms with Crippen LogP contribution < -0.4 is 10.6 Å². The number of hydrogen-bond donors (Lipinski definition) is 2. The van der Waals surface area contributed by atoms with Gasteiger partial charge < -0.3 is 10.6 Å². The van der Waals surface area contributed by atoms with E-state index in [0.29, 0.717) is 13.0 Å². The van der Waals surface area contributed by atoms with E-state index in [2.05, 4.69) is 21.8 Å². The van der Waals surface area contributed by atoms with E-state index in [1.807, 2.05) is 6.07 Å². The maximum atomic E-state index is 11.9. The average Bonchev–Trinajstić information content (AvgIpc) is 3.18. The maximum Gasteiger partial charge on any atom is 0.314 e. The van der Waals surface area contributed by atoms with Crippen LogP contribution in [0.25, 0.3) is 0 Å². The van der Waals surface area contributed by atoms with Crippen molar-refractivity contribution in [2.24, 2.45) is 5.41 Å². The van der Waals surface area contributed by atoms with Crippen molar-refractivity contribution in [1.82, 2.24) is 15.1 Å². The number of amides is 2. The predicted octanol–water partition coefficient (Wildman–Crippen LogP) is 1.24. The molecule has 2 N–H and O–H groups in total. The molecule has 0 unspecified atom stereocenters. The molecule has 0 aliphatic heterocycles. The molecule has 24 heavy (non-hydrogen) atoms. The van der Waals surface area contributed by atoms with E-state index >= 15 is 0 Å². The summed E-state index contributed by atoms with van der Waals surface area (Å²) < 4.78 is 1.60. The van der Waals surface area contributed by atoms with Gasteiger partial charge in [-0.1, -0.05) is 12.8 Å². The molecule has 0 aromatic carbocycles. The predicted molar refractivity (Wildman–Crippen MR) is 85.3 cm³/mol. The van der Waals surface area contributed by atoms with Crippen molar-refractivity contribution in [3.8, 4) is 12.1 Å². The van der Waals surface area contributed by atoms with E-state index in [4.69, 9.17) is 5.26 Å². The van der Waals surface area contributed by atoms with Crippen LogP contribution in [0, 0.1) is 35.0 Å². The number of nitrogens with one attached hydrogen (secondary N) is 2. The molecule has 8 heteroatoms. The van der Waals surface area contributed by atoms with Gasteiger partial charge in [0.1, 0.15) is 0 Å². The lowest BCUT2D eigenvalue weighted by Gasteiger charge is -2.19. The molecule has 1 aliphatic carbocycles. The van der Waals surface area contributed by atoms with E-state index in [1.165, 1.54) is 0 Å². The number of hydrogen-bond acceptors (Lipinski definition) is 5. The highest BCUT2D eigenvalue weighted by atomic mass is 16.2. The standard InChI is InChI=1S/C16H20N6O2/c1-12-9-13(21-22(12)8-4-7-17)20-15(24)14(23)19-11-16(10-18)5-2-3-6-16/h9H,2-6,8,11H2,1H3,(H,19,23)(H,20,21,24). The largest absolute Gasteiger partial charge is 0.346 e. The number of nitrogens with zero attached hydrogens (tertiary/aromatic N) is 4. The molecular weight excluding hydrogens is 308 g/mol. The van der Waals surface area contributed by atoms with Gasteiger partial charge in [-0.25, -0.2) is 0 Å². The lowest BCUT2D eigenvalue weighted by molar-refractivity contribution is -0.136. The van der Waals surface area contributed by atoms with E-state index in [0.717, 1.165) is 31.4 Å². The molecule has 0 atom stereocenters. The van der Waals surface area contributed by atoms with Crippen LogP contribution >= 0.6 is 0 Å². The molecule has 2 rings (SSSR count). The highest BCUT2D eigenvalue weighted by Crippen LogP contribution is 2.36. The summed E-state index contributed by atoms with van der Waals surface area (Å²) in [4.78, 5) is 23.9. The van der Waals surface area contributed by atoms with Crippen LogP contribution in [0.5, 0.6) is 0 Å². The third-order valence-electron chi connectivity index (χ3n) is 4.25. The summed E-state index contributed by atoms with van der Waals surface area (Å²) in [5.74, 6) is -1.33. The number of aromatic nitrogens is 2. The number of nitriles is 2. The summed E-state index contributed by atoms with van der Waals surface area (Å²) in [6.07, 6.45) is 3.73. The zero-order chi connectivity index (χ0) is 17.6. The fourth-order valence-electron chi connectivity index (χ4n) is 2.84. The Morgan fingerprint density at radius 1 is 1.33 bits per heavy atom. The molecule has 1 aromatic heterocycles. The van der Waals surface area contributed by atoms with Crippen LogP contribution in [0.2, 0.25) is 0 Å². The minimum atomic E-state index is -0.814. The van der Waals surface area contributed by atoms with Crippen molar-refractivity contribution >= 4 is 17.6 Å². The summed E-state index contributed by atoms with van der Waals surface area (Å²) >= 11 is 0. The minimum absolute atomic E-state index is 0.186. The van der Waals surface area contributed by atoms with Crippen LogP contribution in [0.3, 0.4) is 0 Å². The second-order valence-corrected chi connectivity index (χ2v) is 6.04. The van der Waals surface area contributed by atoms with Gasteiger partial charge in [-0.05, 0) is 19.8 Å². The number of anilines is 1. The van der Waals surface area contributed by atoms with Crippen LogP contribution in [0.1, 0.15) is 37.8 Å². The molecule has 8 nitrogen and oxygen atoms in total. The monoisotopic (exact) mass is 328 g/mol. The Morgan fingerprint density at radius 2 is 2.04 bits per heavy atom. The second kappa shape index (κ2) is 7.60. The summed E-state index contributed by atoms with van der Waals surface area (Å²) in [5, 5.41) is 27.0. The van der Waals surface area contributed by atoms with E-state index in [-0.39, 0.29) is 12.4 Å². The van der Waals surface area contributed by atoms with Crippen LogP contribution in [-0.2, 0) is 16.1 Å². The van der Waals surface area contributed by atoms with E-state index < -0.39 is 17.2 Å². The van der Waals surface area contributed by atoms with Gasteiger partial charge in [-0.15, -0.1) is 0 Å². The fourth-order valence-corrected chi connectivity index (χ4v) is 2.84. The first-order valence-electron chi connectivity index (χ1n) is 7.91. The Hall–Kier alpha value is -2.87. The van der Waals surface area contributed by atoms with E-state index in [9.17, 15) is 14.9 Å². The molecule has 0 spiro atoms. The zero-order valence-electron chi connectivity index (χ0n) is 13.6. The molecule has 1 saturated carbocycles. The van der Waals surface area contributed by atoms with Crippen LogP contribution in [0.15, 0.2) is 6.07 Å². The van der Waals surface area contributed by atoms with Gasteiger partial charge in [0, 0.05) is 18.3 Å². The first kappa shape index (κ1) is 17.5. The van der Waals surface area contributed by atoms with Crippen LogP contribution in [0.4, 0.5) is 5.82 Å². The lowest BCUT2D eigenvalue weighted by Crippen LogP contribution is -2.41. The second-order valence-electron chi connectivity index (χ2n) is 6.04. The van der Waals surface area contributed by atoms with Crippen molar-refractivity contribution in [3.63, 3.8) is 0 Å². The Kier molecular flexibility index (Phi) is 5.54. The normalized spacial score (nSPS) is 15.3. The summed E-state index contributed by atoms with van der Waals surface area (Å²) in [6, 6.07) is 5.92. The Balaban J connectivity index is 1.89. The average molecular weight is 328 g/mol. The zero-order valence-corrected chi connectivity index (χ0v) is 13.6. The van der Waals surface area contributed by atoms with Gasteiger partial charge in [0.05, 0.1) is 30.5 Å². The number of carbonyl (C=O) groups excluding carboxylic acids is 2. The third kappa shape index (κ3) is 4.11. The molecule has 0 radical (unpaired) electrons. The minimum Gasteiger partial charge on any atom is -0.346 e. The SMILES string of the molecule is Cc1cc(NC(=O)C(=O)NCC2(C#N)CCCC2)nn1CCC#N. The highest BCUT2D eigenvalue weighted by molar-refractivity contribution is 6.39. The van der Waals surface area contributed by atoms with Gasteiger partial charge in [0.25, 0.3) is 0 Å². The smallest absolute Gasteiger partial charge is 0.314 e. The van der Waals surface area contributed by atoms with Crippen molar-refractivity contribution in [2.45, 2.75) is 45.6 Å². The molecule has 2 amide bonds. The molecule has 1 aromatic rings. The summed E-state index contributed by atoms with van der Waals surface area (Å²) in [5.41, 5.74) is 0.237.